The largest absolute Gasteiger partial charge is 0.350 e. The van der Waals surface area contributed by atoms with E-state index < -0.39 is 0 Å². The van der Waals surface area contributed by atoms with Crippen LogP contribution in [0.2, 0.25) is 0 Å². The van der Waals surface area contributed by atoms with Crippen molar-refractivity contribution in [3.63, 3.8) is 0 Å². The van der Waals surface area contributed by atoms with E-state index in [1.54, 1.807) is 23.1 Å². The first-order valence-electron chi connectivity index (χ1n) is 11.3. The molecule has 180 valence electrons. The minimum atomic E-state index is -0.304. The molecule has 10 heteroatoms. The Balaban J connectivity index is 1.41. The van der Waals surface area contributed by atoms with Gasteiger partial charge in [-0.2, -0.15) is 0 Å². The number of pyridine rings is 1. The van der Waals surface area contributed by atoms with Crippen LogP contribution < -0.4 is 16.0 Å². The molecule has 0 bridgehead atoms. The molecule has 2 amide bonds. The number of rotatable bonds is 8. The van der Waals surface area contributed by atoms with E-state index >= 15 is 0 Å². The maximum absolute atomic E-state index is 13.3. The highest BCUT2D eigenvalue weighted by molar-refractivity contribution is 7.17. The van der Waals surface area contributed by atoms with Gasteiger partial charge in [0, 0.05) is 40.1 Å². The molecule has 0 unspecified atom stereocenters. The zero-order valence-corrected chi connectivity index (χ0v) is 20.2. The van der Waals surface area contributed by atoms with E-state index in [0.717, 1.165) is 21.3 Å². The second-order valence-corrected chi connectivity index (χ2v) is 8.99. The zero-order chi connectivity index (χ0) is 24.9. The molecule has 0 atom stereocenters. The average molecular weight is 498 g/mol. The van der Waals surface area contributed by atoms with Gasteiger partial charge in [-0.1, -0.05) is 41.6 Å². The SMILES string of the molecule is Cc1ccccc1Nc1ncc(C(=O)NCCn2ccnn2)cc1NC(=O)c1csc2ccccc12. The van der Waals surface area contributed by atoms with Gasteiger partial charge in [-0.25, -0.2) is 4.98 Å². The number of para-hydroxylation sites is 1. The number of nitrogens with one attached hydrogen (secondary N) is 3. The average Bonchev–Trinajstić information content (AvgIpc) is 3.56. The van der Waals surface area contributed by atoms with Gasteiger partial charge in [0.1, 0.15) is 0 Å². The molecule has 0 saturated heterocycles. The summed E-state index contributed by atoms with van der Waals surface area (Å²) in [4.78, 5) is 30.6. The normalized spacial score (nSPS) is 10.8. The third-order valence-electron chi connectivity index (χ3n) is 5.62. The molecule has 3 N–H and O–H groups in total. The molecule has 0 saturated carbocycles. The van der Waals surface area contributed by atoms with Crippen LogP contribution in [0, 0.1) is 6.92 Å². The van der Waals surface area contributed by atoms with Crippen molar-refractivity contribution in [2.45, 2.75) is 13.5 Å². The summed E-state index contributed by atoms with van der Waals surface area (Å²) in [5.74, 6) is -0.135. The van der Waals surface area contributed by atoms with Crippen LogP contribution in [0.3, 0.4) is 0 Å². The van der Waals surface area contributed by atoms with Crippen molar-refractivity contribution in [1.29, 1.82) is 0 Å². The Hall–Kier alpha value is -4.57. The fourth-order valence-corrected chi connectivity index (χ4v) is 4.65. The van der Waals surface area contributed by atoms with Crippen LogP contribution in [0.5, 0.6) is 0 Å². The number of nitrogens with zero attached hydrogens (tertiary/aromatic N) is 4. The third kappa shape index (κ3) is 5.08. The van der Waals surface area contributed by atoms with Crippen LogP contribution in [0.1, 0.15) is 26.3 Å². The number of anilines is 3. The van der Waals surface area contributed by atoms with E-state index in [2.05, 4.69) is 31.2 Å². The number of aryl methyl sites for hydroxylation is 1. The van der Waals surface area contributed by atoms with Crippen molar-refractivity contribution in [1.82, 2.24) is 25.3 Å². The highest BCUT2D eigenvalue weighted by atomic mass is 32.1. The monoisotopic (exact) mass is 497 g/mol. The van der Waals surface area contributed by atoms with Crippen LogP contribution in [0.4, 0.5) is 17.2 Å². The number of hydrogen-bond acceptors (Lipinski definition) is 7. The molecule has 0 aliphatic heterocycles. The van der Waals surface area contributed by atoms with Gasteiger partial charge in [0.2, 0.25) is 0 Å². The summed E-state index contributed by atoms with van der Waals surface area (Å²) in [5, 5.41) is 19.4. The Morgan fingerprint density at radius 3 is 2.69 bits per heavy atom. The lowest BCUT2D eigenvalue weighted by Gasteiger charge is -2.15. The Kier molecular flexibility index (Phi) is 6.67. The smallest absolute Gasteiger partial charge is 0.257 e. The number of thiophene rings is 1. The molecule has 0 aliphatic carbocycles. The summed E-state index contributed by atoms with van der Waals surface area (Å²) in [6.45, 7) is 2.84. The lowest BCUT2D eigenvalue weighted by atomic mass is 10.1. The molecule has 0 radical (unpaired) electrons. The number of carbonyl (C=O) groups excluding carboxylic acids is 2. The van der Waals surface area contributed by atoms with Gasteiger partial charge in [-0.05, 0) is 30.7 Å². The van der Waals surface area contributed by atoms with Gasteiger partial charge in [0.05, 0.1) is 29.6 Å². The first-order valence-corrected chi connectivity index (χ1v) is 12.2. The number of carbonyl (C=O) groups is 2. The Labute approximate surface area is 211 Å². The second-order valence-electron chi connectivity index (χ2n) is 8.08. The van der Waals surface area contributed by atoms with Crippen molar-refractivity contribution in [2.24, 2.45) is 0 Å². The van der Waals surface area contributed by atoms with Gasteiger partial charge in [0.15, 0.2) is 5.82 Å². The molecule has 5 rings (SSSR count). The summed E-state index contributed by atoms with van der Waals surface area (Å²) in [5.41, 5.74) is 3.18. The topological polar surface area (TPSA) is 114 Å². The second kappa shape index (κ2) is 10.4. The van der Waals surface area contributed by atoms with Crippen molar-refractivity contribution < 1.29 is 9.59 Å². The van der Waals surface area contributed by atoms with Gasteiger partial charge in [-0.3, -0.25) is 14.3 Å². The van der Waals surface area contributed by atoms with Crippen LogP contribution in [-0.2, 0) is 6.54 Å². The Morgan fingerprint density at radius 1 is 1.03 bits per heavy atom. The lowest BCUT2D eigenvalue weighted by Crippen LogP contribution is -2.27. The molecular weight excluding hydrogens is 474 g/mol. The number of aromatic nitrogens is 4. The summed E-state index contributed by atoms with van der Waals surface area (Å²) in [6, 6.07) is 17.2. The van der Waals surface area contributed by atoms with Crippen molar-refractivity contribution in [3.05, 3.63) is 95.3 Å². The molecular formula is C26H23N7O2S. The highest BCUT2D eigenvalue weighted by Gasteiger charge is 2.17. The minimum Gasteiger partial charge on any atom is -0.350 e. The van der Waals surface area contributed by atoms with Crippen LogP contribution in [0.25, 0.3) is 10.1 Å². The van der Waals surface area contributed by atoms with Crippen molar-refractivity contribution >= 4 is 50.4 Å². The minimum absolute atomic E-state index is 0.272. The lowest BCUT2D eigenvalue weighted by molar-refractivity contribution is 0.0950. The Bertz CT molecular complexity index is 1530. The number of benzene rings is 2. The highest BCUT2D eigenvalue weighted by Crippen LogP contribution is 2.29. The van der Waals surface area contributed by atoms with E-state index in [9.17, 15) is 9.59 Å². The van der Waals surface area contributed by atoms with Gasteiger partial charge < -0.3 is 16.0 Å². The van der Waals surface area contributed by atoms with E-state index in [-0.39, 0.29) is 11.8 Å². The molecule has 5 aromatic rings. The maximum atomic E-state index is 13.3. The summed E-state index contributed by atoms with van der Waals surface area (Å²) < 4.78 is 2.66. The molecule has 3 heterocycles. The fraction of sp³-hybridized carbons (Fsp3) is 0.115. The summed E-state index contributed by atoms with van der Waals surface area (Å²) >= 11 is 1.51. The molecule has 2 aromatic carbocycles. The maximum Gasteiger partial charge on any atom is 0.257 e. The Morgan fingerprint density at radius 2 is 1.86 bits per heavy atom. The zero-order valence-electron chi connectivity index (χ0n) is 19.4. The first kappa shape index (κ1) is 23.2. The van der Waals surface area contributed by atoms with E-state index in [1.807, 2.05) is 60.8 Å². The number of fused-ring (bicyclic) bond motifs is 1. The first-order chi connectivity index (χ1) is 17.6. The van der Waals surface area contributed by atoms with Crippen molar-refractivity contribution in [3.8, 4) is 0 Å². The van der Waals surface area contributed by atoms with E-state index in [0.29, 0.717) is 35.7 Å². The van der Waals surface area contributed by atoms with Crippen LogP contribution >= 0.6 is 11.3 Å². The molecule has 36 heavy (non-hydrogen) atoms. The summed E-state index contributed by atoms with van der Waals surface area (Å²) in [7, 11) is 0. The molecule has 0 spiro atoms. The molecule has 0 fully saturated rings. The number of amides is 2. The van der Waals surface area contributed by atoms with Crippen LogP contribution in [-0.4, -0.2) is 38.3 Å². The van der Waals surface area contributed by atoms with E-state index in [1.165, 1.54) is 17.5 Å². The van der Waals surface area contributed by atoms with Gasteiger partial charge in [0.25, 0.3) is 11.8 Å². The third-order valence-corrected chi connectivity index (χ3v) is 6.58. The quantitative estimate of drug-likeness (QED) is 0.288. The molecule has 3 aromatic heterocycles. The predicted molar refractivity (Wildman–Crippen MR) is 141 cm³/mol. The standard InChI is InChI=1S/C26H23N7O2S/c1-17-6-2-4-8-21(17)30-24-22(31-26(35)20-16-36-23-9-5-3-7-19(20)23)14-18(15-28-24)25(34)27-10-12-33-13-11-29-32-33/h2-9,11,13-16H,10,12H2,1H3,(H,27,34)(H,28,30)(H,31,35). The number of hydrogen-bond donors (Lipinski definition) is 3. The van der Waals surface area contributed by atoms with E-state index in [4.69, 9.17) is 0 Å². The van der Waals surface area contributed by atoms with Gasteiger partial charge in [-0.15, -0.1) is 16.4 Å². The fourth-order valence-electron chi connectivity index (χ4n) is 3.71. The molecule has 9 nitrogen and oxygen atoms in total. The van der Waals surface area contributed by atoms with Gasteiger partial charge >= 0.3 is 0 Å². The predicted octanol–water partition coefficient (Wildman–Crippen LogP) is 4.62. The molecule has 0 aliphatic rings. The van der Waals surface area contributed by atoms with Crippen molar-refractivity contribution in [2.75, 3.05) is 17.2 Å². The summed E-state index contributed by atoms with van der Waals surface area (Å²) in [6.07, 6.45) is 4.79. The van der Waals surface area contributed by atoms with Crippen LogP contribution in [0.15, 0.2) is 78.6 Å².